The molecule has 0 amide bonds. The summed E-state index contributed by atoms with van der Waals surface area (Å²) in [6.07, 6.45) is 7.21. The monoisotopic (exact) mass is 342 g/mol. The van der Waals surface area contributed by atoms with Gasteiger partial charge in [0.2, 0.25) is 0 Å². The molecule has 0 unspecified atom stereocenters. The van der Waals surface area contributed by atoms with E-state index in [1.807, 2.05) is 13.8 Å². The Bertz CT molecular complexity index is 567. The van der Waals surface area contributed by atoms with Gasteiger partial charge < -0.3 is 15.3 Å². The molecule has 1 aromatic rings. The Balaban J connectivity index is 1.46. The fraction of sp³-hybridized carbons (Fsp3) is 0.636. The first-order chi connectivity index (χ1) is 11.9. The third kappa shape index (κ3) is 5.67. The summed E-state index contributed by atoms with van der Waals surface area (Å²) in [6.45, 7) is 9.05. The second-order valence-electron chi connectivity index (χ2n) is 8.46. The van der Waals surface area contributed by atoms with E-state index < -0.39 is 5.60 Å². The molecule has 0 aromatic heterocycles. The first-order valence-electron chi connectivity index (χ1n) is 9.91. The zero-order valence-electron chi connectivity index (χ0n) is 16.0. The van der Waals surface area contributed by atoms with Crippen molar-refractivity contribution in [3.63, 3.8) is 0 Å². The Kier molecular flexibility index (Phi) is 5.98. The number of rotatable bonds is 7. The van der Waals surface area contributed by atoms with Gasteiger partial charge >= 0.3 is 0 Å². The van der Waals surface area contributed by atoms with Crippen molar-refractivity contribution >= 4 is 6.08 Å². The molecule has 1 aliphatic heterocycles. The predicted octanol–water partition coefficient (Wildman–Crippen LogP) is 3.69. The van der Waals surface area contributed by atoms with Crippen molar-refractivity contribution in [3.8, 4) is 0 Å². The highest BCUT2D eigenvalue weighted by Gasteiger charge is 2.40. The summed E-state index contributed by atoms with van der Waals surface area (Å²) in [5.74, 6) is 0.722. The van der Waals surface area contributed by atoms with Crippen LogP contribution in [0.3, 0.4) is 0 Å². The Morgan fingerprint density at radius 2 is 1.92 bits per heavy atom. The van der Waals surface area contributed by atoms with Gasteiger partial charge in [-0.25, -0.2) is 0 Å². The van der Waals surface area contributed by atoms with Crippen molar-refractivity contribution in [1.29, 1.82) is 0 Å². The summed E-state index contributed by atoms with van der Waals surface area (Å²) in [5, 5.41) is 13.9. The molecular weight excluding hydrogens is 308 g/mol. The highest BCUT2D eigenvalue weighted by atomic mass is 16.3. The number of likely N-dealkylation sites (tertiary alicyclic amines) is 1. The number of aliphatic hydroxyl groups is 1. The molecule has 2 fully saturated rings. The van der Waals surface area contributed by atoms with Gasteiger partial charge in [-0.3, -0.25) is 0 Å². The average molecular weight is 343 g/mol. The Morgan fingerprint density at radius 1 is 1.24 bits per heavy atom. The van der Waals surface area contributed by atoms with E-state index in [2.05, 4.69) is 53.5 Å². The molecule has 2 aliphatic rings. The molecule has 0 spiro atoms. The van der Waals surface area contributed by atoms with Gasteiger partial charge in [-0.2, -0.15) is 0 Å². The average Bonchev–Trinajstić information content (AvgIpc) is 3.33. The lowest BCUT2D eigenvalue weighted by Crippen LogP contribution is -2.47. The van der Waals surface area contributed by atoms with Gasteiger partial charge in [0.25, 0.3) is 0 Å². The topological polar surface area (TPSA) is 35.5 Å². The number of hydrogen-bond donors (Lipinski definition) is 2. The van der Waals surface area contributed by atoms with Crippen LogP contribution in [0.5, 0.6) is 0 Å². The molecular formula is C22H34N2O. The molecule has 25 heavy (non-hydrogen) atoms. The summed E-state index contributed by atoms with van der Waals surface area (Å²) in [4.78, 5) is 2.40. The van der Waals surface area contributed by atoms with Crippen LogP contribution in [0.25, 0.3) is 6.08 Å². The van der Waals surface area contributed by atoms with Crippen molar-refractivity contribution < 1.29 is 5.11 Å². The molecule has 1 saturated carbocycles. The van der Waals surface area contributed by atoms with Gasteiger partial charge in [0, 0.05) is 18.6 Å². The molecule has 1 saturated heterocycles. The zero-order chi connectivity index (χ0) is 17.9. The second-order valence-corrected chi connectivity index (χ2v) is 8.46. The van der Waals surface area contributed by atoms with E-state index >= 15 is 0 Å². The van der Waals surface area contributed by atoms with Crippen molar-refractivity contribution in [2.24, 2.45) is 5.92 Å². The second kappa shape index (κ2) is 8.03. The maximum absolute atomic E-state index is 9.97. The smallest absolute Gasteiger partial charge is 0.0718 e. The molecule has 3 heteroatoms. The van der Waals surface area contributed by atoms with Gasteiger partial charge in [0.1, 0.15) is 0 Å². The Labute approximate surface area is 153 Å². The lowest BCUT2D eigenvalue weighted by atomic mass is 10.0. The normalized spacial score (nSPS) is 26.0. The standard InChI is InChI=1S/C22H34N2O/c1-4-18(14-17-8-6-5-7-9-17)20-15-21(20)23-19-10-12-24(13-11-19)16-22(2,3)25/h5-9,14,19-21,23,25H,4,10-13,15-16H2,1-3H3/b18-14+/t20-,21+/m0/s1. The molecule has 3 nitrogen and oxygen atoms in total. The Hall–Kier alpha value is -1.16. The number of nitrogens with zero attached hydrogens (tertiary/aromatic N) is 1. The highest BCUT2D eigenvalue weighted by molar-refractivity contribution is 5.54. The zero-order valence-corrected chi connectivity index (χ0v) is 16.0. The molecule has 138 valence electrons. The molecule has 0 radical (unpaired) electrons. The van der Waals surface area contributed by atoms with E-state index in [1.54, 1.807) is 5.57 Å². The number of piperidine rings is 1. The number of benzene rings is 1. The van der Waals surface area contributed by atoms with Crippen molar-refractivity contribution in [2.75, 3.05) is 19.6 Å². The third-order valence-corrected chi connectivity index (χ3v) is 5.47. The molecule has 0 bridgehead atoms. The number of hydrogen-bond acceptors (Lipinski definition) is 3. The van der Waals surface area contributed by atoms with E-state index in [1.165, 1.54) is 24.8 Å². The molecule has 2 atom stereocenters. The van der Waals surface area contributed by atoms with Crippen molar-refractivity contribution in [2.45, 2.75) is 64.1 Å². The maximum Gasteiger partial charge on any atom is 0.0718 e. The van der Waals surface area contributed by atoms with Crippen molar-refractivity contribution in [3.05, 3.63) is 41.5 Å². The van der Waals surface area contributed by atoms with Crippen molar-refractivity contribution in [1.82, 2.24) is 10.2 Å². The summed E-state index contributed by atoms with van der Waals surface area (Å²) < 4.78 is 0. The fourth-order valence-corrected chi connectivity index (χ4v) is 4.13. The molecule has 2 N–H and O–H groups in total. The summed E-state index contributed by atoms with van der Waals surface area (Å²) in [6, 6.07) is 12.0. The minimum atomic E-state index is -0.583. The van der Waals surface area contributed by atoms with E-state index in [4.69, 9.17) is 0 Å². The van der Waals surface area contributed by atoms with Crippen LogP contribution in [0, 0.1) is 5.92 Å². The van der Waals surface area contributed by atoms with Crippen LogP contribution >= 0.6 is 0 Å². The van der Waals surface area contributed by atoms with Gasteiger partial charge in [0.05, 0.1) is 5.60 Å². The van der Waals surface area contributed by atoms with E-state index in [0.717, 1.165) is 32.0 Å². The van der Waals surface area contributed by atoms with Crippen LogP contribution in [0.15, 0.2) is 35.9 Å². The fourth-order valence-electron chi connectivity index (χ4n) is 4.13. The third-order valence-electron chi connectivity index (χ3n) is 5.47. The minimum Gasteiger partial charge on any atom is -0.389 e. The van der Waals surface area contributed by atoms with Crippen LogP contribution in [0.1, 0.15) is 52.0 Å². The van der Waals surface area contributed by atoms with Crippen LogP contribution in [-0.2, 0) is 0 Å². The van der Waals surface area contributed by atoms with Gasteiger partial charge in [-0.1, -0.05) is 48.9 Å². The molecule has 1 aliphatic carbocycles. The van der Waals surface area contributed by atoms with E-state index in [0.29, 0.717) is 12.1 Å². The summed E-state index contributed by atoms with van der Waals surface area (Å²) in [5.41, 5.74) is 2.33. The van der Waals surface area contributed by atoms with Crippen LogP contribution in [-0.4, -0.2) is 47.3 Å². The lowest BCUT2D eigenvalue weighted by molar-refractivity contribution is 0.0268. The van der Waals surface area contributed by atoms with Gasteiger partial charge in [-0.15, -0.1) is 0 Å². The highest BCUT2D eigenvalue weighted by Crippen LogP contribution is 2.40. The lowest BCUT2D eigenvalue weighted by Gasteiger charge is -2.35. The van der Waals surface area contributed by atoms with E-state index in [-0.39, 0.29) is 0 Å². The summed E-state index contributed by atoms with van der Waals surface area (Å²) >= 11 is 0. The summed E-state index contributed by atoms with van der Waals surface area (Å²) in [7, 11) is 0. The molecule has 3 rings (SSSR count). The maximum atomic E-state index is 9.97. The number of nitrogens with one attached hydrogen (secondary N) is 1. The Morgan fingerprint density at radius 3 is 2.52 bits per heavy atom. The van der Waals surface area contributed by atoms with E-state index in [9.17, 15) is 5.11 Å². The van der Waals surface area contributed by atoms with Crippen LogP contribution < -0.4 is 5.32 Å². The first kappa shape index (κ1) is 18.6. The predicted molar refractivity (Wildman–Crippen MR) is 106 cm³/mol. The van der Waals surface area contributed by atoms with Gasteiger partial charge in [-0.05, 0) is 64.1 Å². The minimum absolute atomic E-state index is 0.583. The van der Waals surface area contributed by atoms with Gasteiger partial charge in [0.15, 0.2) is 0 Å². The molecule has 1 aromatic carbocycles. The first-order valence-corrected chi connectivity index (χ1v) is 9.91. The molecule has 1 heterocycles. The van der Waals surface area contributed by atoms with Crippen LogP contribution in [0.2, 0.25) is 0 Å². The quantitative estimate of drug-likeness (QED) is 0.793. The largest absolute Gasteiger partial charge is 0.389 e. The van der Waals surface area contributed by atoms with Crippen LogP contribution in [0.4, 0.5) is 0 Å². The SMILES string of the molecule is CC/C(=C\c1ccccc1)[C@@H]1C[C@H]1NC1CCN(CC(C)(C)O)CC1. The number of β-amino-alcohol motifs (C(OH)–C–C–N with tert-alkyl or cyclic N) is 1.